The zero-order chi connectivity index (χ0) is 20.9. The number of fused-ring (bicyclic) bond motifs is 1. The Labute approximate surface area is 175 Å². The van der Waals surface area contributed by atoms with Crippen LogP contribution < -0.4 is 15.0 Å². The molecule has 0 spiro atoms. The number of nitrogens with one attached hydrogen (secondary N) is 1. The van der Waals surface area contributed by atoms with Crippen molar-refractivity contribution < 1.29 is 14.3 Å². The summed E-state index contributed by atoms with van der Waals surface area (Å²) in [6.45, 7) is 2.60. The van der Waals surface area contributed by atoms with E-state index in [0.717, 1.165) is 17.7 Å². The van der Waals surface area contributed by atoms with Crippen molar-refractivity contribution in [2.24, 2.45) is 0 Å². The fraction of sp³-hybridized carbons (Fsp3) is 0.261. The molecule has 0 fully saturated rings. The fourth-order valence-corrected chi connectivity index (χ4v) is 3.47. The first-order valence-corrected chi connectivity index (χ1v) is 10.0. The van der Waals surface area contributed by atoms with Gasteiger partial charge in [-0.3, -0.25) is 9.59 Å². The van der Waals surface area contributed by atoms with Crippen molar-refractivity contribution in [2.45, 2.75) is 25.9 Å². The lowest BCUT2D eigenvalue weighted by Crippen LogP contribution is -2.45. The molecule has 2 aromatic carbocycles. The van der Waals surface area contributed by atoms with Crippen LogP contribution in [0.25, 0.3) is 5.69 Å². The lowest BCUT2D eigenvalue weighted by molar-refractivity contribution is -0.125. The molecule has 7 nitrogen and oxygen atoms in total. The zero-order valence-corrected chi connectivity index (χ0v) is 16.8. The molecule has 0 bridgehead atoms. The summed E-state index contributed by atoms with van der Waals surface area (Å²) in [5.41, 5.74) is 2.85. The number of nitrogens with zero attached hydrogens (tertiary/aromatic N) is 3. The van der Waals surface area contributed by atoms with E-state index in [0.29, 0.717) is 24.5 Å². The van der Waals surface area contributed by atoms with Gasteiger partial charge in [0.15, 0.2) is 6.10 Å². The minimum atomic E-state index is -0.548. The number of anilines is 1. The third kappa shape index (κ3) is 4.35. The Bertz CT molecular complexity index is 1020. The van der Waals surface area contributed by atoms with Crippen LogP contribution in [-0.2, 0) is 16.0 Å². The maximum Gasteiger partial charge on any atom is 0.267 e. The van der Waals surface area contributed by atoms with E-state index in [1.807, 2.05) is 60.8 Å². The Morgan fingerprint density at radius 1 is 1.13 bits per heavy atom. The Morgan fingerprint density at radius 3 is 2.70 bits per heavy atom. The zero-order valence-electron chi connectivity index (χ0n) is 16.8. The highest BCUT2D eigenvalue weighted by atomic mass is 16.5. The highest BCUT2D eigenvalue weighted by Crippen LogP contribution is 2.33. The van der Waals surface area contributed by atoms with Crippen LogP contribution in [0, 0.1) is 0 Å². The number of carbonyl (C=O) groups excluding carboxylic acids is 2. The van der Waals surface area contributed by atoms with Crippen LogP contribution in [0.5, 0.6) is 5.75 Å². The van der Waals surface area contributed by atoms with Crippen molar-refractivity contribution in [2.75, 3.05) is 18.0 Å². The van der Waals surface area contributed by atoms with Gasteiger partial charge in [0.25, 0.3) is 5.91 Å². The second-order valence-electron chi connectivity index (χ2n) is 7.18. The Morgan fingerprint density at radius 2 is 1.93 bits per heavy atom. The van der Waals surface area contributed by atoms with Crippen LogP contribution >= 0.6 is 0 Å². The SMILES string of the molecule is CC1Oc2ccccc2N(CCC(=O)NCCc2ccc(-n3cccn3)cc2)C1=O. The van der Waals surface area contributed by atoms with Crippen LogP contribution in [0.2, 0.25) is 0 Å². The monoisotopic (exact) mass is 404 g/mol. The molecule has 1 unspecified atom stereocenters. The van der Waals surface area contributed by atoms with E-state index in [2.05, 4.69) is 10.4 Å². The number of aromatic nitrogens is 2. The summed E-state index contributed by atoms with van der Waals surface area (Å²) in [6.07, 6.45) is 4.07. The van der Waals surface area contributed by atoms with Crippen molar-refractivity contribution >= 4 is 17.5 Å². The molecule has 7 heteroatoms. The van der Waals surface area contributed by atoms with Gasteiger partial charge in [0.05, 0.1) is 11.4 Å². The number of amides is 2. The molecule has 1 N–H and O–H groups in total. The number of rotatable bonds is 7. The smallest absolute Gasteiger partial charge is 0.267 e. The van der Waals surface area contributed by atoms with Crippen molar-refractivity contribution in [1.82, 2.24) is 15.1 Å². The summed E-state index contributed by atoms with van der Waals surface area (Å²) in [6, 6.07) is 17.4. The van der Waals surface area contributed by atoms with Crippen molar-refractivity contribution in [3.05, 3.63) is 72.6 Å². The van der Waals surface area contributed by atoms with E-state index in [4.69, 9.17) is 4.74 Å². The topological polar surface area (TPSA) is 76.5 Å². The fourth-order valence-electron chi connectivity index (χ4n) is 3.47. The minimum absolute atomic E-state index is 0.0763. The third-order valence-electron chi connectivity index (χ3n) is 5.08. The average molecular weight is 404 g/mol. The summed E-state index contributed by atoms with van der Waals surface area (Å²) >= 11 is 0. The molecule has 3 aromatic rings. The van der Waals surface area contributed by atoms with Crippen molar-refractivity contribution in [3.63, 3.8) is 0 Å². The van der Waals surface area contributed by atoms with Crippen LogP contribution in [0.15, 0.2) is 67.0 Å². The van der Waals surface area contributed by atoms with Gasteiger partial charge in [0.2, 0.25) is 5.91 Å². The summed E-state index contributed by atoms with van der Waals surface area (Å²) in [4.78, 5) is 26.4. The van der Waals surface area contributed by atoms with Gasteiger partial charge >= 0.3 is 0 Å². The molecular weight excluding hydrogens is 380 g/mol. The number of carbonyl (C=O) groups is 2. The van der Waals surface area contributed by atoms with Gasteiger partial charge in [-0.05, 0) is 49.2 Å². The van der Waals surface area contributed by atoms with E-state index < -0.39 is 6.10 Å². The van der Waals surface area contributed by atoms with Crippen LogP contribution in [0.4, 0.5) is 5.69 Å². The maximum atomic E-state index is 12.5. The molecule has 1 aliphatic rings. The molecule has 2 amide bonds. The largest absolute Gasteiger partial charge is 0.479 e. The van der Waals surface area contributed by atoms with Gasteiger partial charge in [0, 0.05) is 31.9 Å². The van der Waals surface area contributed by atoms with E-state index in [1.54, 1.807) is 22.7 Å². The standard InChI is InChI=1S/C23H24N4O3/c1-17-23(29)26(20-5-2-3-6-21(20)30-17)16-12-22(28)24-14-11-18-7-9-19(10-8-18)27-15-4-13-25-27/h2-10,13,15,17H,11-12,14,16H2,1H3,(H,24,28). The summed E-state index contributed by atoms with van der Waals surface area (Å²) in [5, 5.41) is 7.15. The number of benzene rings is 2. The van der Waals surface area contributed by atoms with E-state index in [-0.39, 0.29) is 18.2 Å². The second-order valence-corrected chi connectivity index (χ2v) is 7.18. The van der Waals surface area contributed by atoms with Gasteiger partial charge in [-0.15, -0.1) is 0 Å². The predicted octanol–water partition coefficient (Wildman–Crippen LogP) is 2.74. The average Bonchev–Trinajstić information content (AvgIpc) is 3.29. The number of para-hydroxylation sites is 2. The molecule has 1 atom stereocenters. The summed E-state index contributed by atoms with van der Waals surface area (Å²) in [5.74, 6) is 0.468. The number of ether oxygens (including phenoxy) is 1. The number of hydrogen-bond acceptors (Lipinski definition) is 4. The molecule has 4 rings (SSSR count). The predicted molar refractivity (Wildman–Crippen MR) is 114 cm³/mol. The summed E-state index contributed by atoms with van der Waals surface area (Å²) < 4.78 is 7.43. The Hall–Kier alpha value is -3.61. The van der Waals surface area contributed by atoms with Crippen molar-refractivity contribution in [3.8, 4) is 11.4 Å². The molecule has 0 saturated heterocycles. The molecule has 154 valence electrons. The van der Waals surface area contributed by atoms with Gasteiger partial charge in [-0.1, -0.05) is 24.3 Å². The molecule has 30 heavy (non-hydrogen) atoms. The van der Waals surface area contributed by atoms with E-state index >= 15 is 0 Å². The number of hydrogen-bond donors (Lipinski definition) is 1. The van der Waals surface area contributed by atoms with Crippen LogP contribution in [0.1, 0.15) is 18.9 Å². The van der Waals surface area contributed by atoms with Gasteiger partial charge in [-0.25, -0.2) is 4.68 Å². The first-order valence-electron chi connectivity index (χ1n) is 10.0. The lowest BCUT2D eigenvalue weighted by Gasteiger charge is -2.32. The van der Waals surface area contributed by atoms with E-state index in [1.165, 1.54) is 0 Å². The van der Waals surface area contributed by atoms with Crippen LogP contribution in [-0.4, -0.2) is 40.8 Å². The maximum absolute atomic E-state index is 12.5. The van der Waals surface area contributed by atoms with E-state index in [9.17, 15) is 9.59 Å². The highest BCUT2D eigenvalue weighted by Gasteiger charge is 2.31. The molecule has 0 saturated carbocycles. The van der Waals surface area contributed by atoms with Gasteiger partial charge < -0.3 is 15.0 Å². The minimum Gasteiger partial charge on any atom is -0.479 e. The second kappa shape index (κ2) is 8.82. The first-order chi connectivity index (χ1) is 14.6. The Balaban J connectivity index is 1.26. The molecular formula is C23H24N4O3. The molecule has 1 aliphatic heterocycles. The summed E-state index contributed by atoms with van der Waals surface area (Å²) in [7, 11) is 0. The first kappa shape index (κ1) is 19.7. The Kier molecular flexibility index (Phi) is 5.79. The van der Waals surface area contributed by atoms with Crippen molar-refractivity contribution in [1.29, 1.82) is 0 Å². The van der Waals surface area contributed by atoms with Gasteiger partial charge in [0.1, 0.15) is 5.75 Å². The molecule has 0 aliphatic carbocycles. The van der Waals surface area contributed by atoms with Gasteiger partial charge in [-0.2, -0.15) is 5.10 Å². The van der Waals surface area contributed by atoms with Crippen LogP contribution in [0.3, 0.4) is 0 Å². The highest BCUT2D eigenvalue weighted by molar-refractivity contribution is 6.00. The lowest BCUT2D eigenvalue weighted by atomic mass is 10.1. The normalized spacial score (nSPS) is 15.4. The molecule has 2 heterocycles. The third-order valence-corrected chi connectivity index (χ3v) is 5.08. The molecule has 1 aromatic heterocycles. The quantitative estimate of drug-likeness (QED) is 0.657. The molecule has 0 radical (unpaired) electrons.